The van der Waals surface area contributed by atoms with Gasteiger partial charge in [-0.15, -0.1) is 12.4 Å². The summed E-state index contributed by atoms with van der Waals surface area (Å²) < 4.78 is 7.97. The third kappa shape index (κ3) is 4.19. The van der Waals surface area contributed by atoms with Crippen LogP contribution in [0.3, 0.4) is 0 Å². The minimum atomic E-state index is -0.602. The number of hydrogen-bond acceptors (Lipinski definition) is 3. The van der Waals surface area contributed by atoms with Crippen molar-refractivity contribution < 1.29 is 9.84 Å². The van der Waals surface area contributed by atoms with Crippen LogP contribution in [0.5, 0.6) is 5.75 Å². The summed E-state index contributed by atoms with van der Waals surface area (Å²) in [5.74, 6) is 2.12. The summed E-state index contributed by atoms with van der Waals surface area (Å²) in [4.78, 5) is 4.72. The zero-order valence-corrected chi connectivity index (χ0v) is 16.6. The van der Waals surface area contributed by atoms with Crippen LogP contribution in [0.1, 0.15) is 36.7 Å². The summed E-state index contributed by atoms with van der Waals surface area (Å²) in [5.41, 5.74) is 4.33. The third-order valence-corrected chi connectivity index (χ3v) is 4.58. The highest BCUT2D eigenvalue weighted by molar-refractivity contribution is 5.85. The Labute approximate surface area is 161 Å². The van der Waals surface area contributed by atoms with Gasteiger partial charge in [0.25, 0.3) is 0 Å². The van der Waals surface area contributed by atoms with Gasteiger partial charge in [-0.25, -0.2) is 4.98 Å². The van der Waals surface area contributed by atoms with E-state index in [1.54, 1.807) is 0 Å². The monoisotopic (exact) mass is 374 g/mol. The molecule has 26 heavy (non-hydrogen) atoms. The number of fused-ring (bicyclic) bond motifs is 1. The van der Waals surface area contributed by atoms with E-state index in [0.717, 1.165) is 28.2 Å². The van der Waals surface area contributed by atoms with Gasteiger partial charge in [0.2, 0.25) is 0 Å². The molecule has 0 saturated heterocycles. The van der Waals surface area contributed by atoms with Gasteiger partial charge in [0.15, 0.2) is 0 Å². The minimum absolute atomic E-state index is 0. The van der Waals surface area contributed by atoms with E-state index in [1.807, 2.05) is 43.3 Å². The van der Waals surface area contributed by atoms with E-state index in [0.29, 0.717) is 12.5 Å². The first-order valence-electron chi connectivity index (χ1n) is 8.79. The summed E-state index contributed by atoms with van der Waals surface area (Å²) >= 11 is 0. The van der Waals surface area contributed by atoms with E-state index < -0.39 is 6.10 Å². The molecule has 0 fully saturated rings. The lowest BCUT2D eigenvalue weighted by molar-refractivity contribution is 0.0922. The van der Waals surface area contributed by atoms with Gasteiger partial charge in [0.1, 0.15) is 24.3 Å². The molecule has 2 aromatic carbocycles. The molecule has 3 rings (SSSR count). The van der Waals surface area contributed by atoms with Gasteiger partial charge >= 0.3 is 0 Å². The van der Waals surface area contributed by atoms with Gasteiger partial charge in [0, 0.05) is 5.92 Å². The lowest BCUT2D eigenvalue weighted by Crippen LogP contribution is -2.25. The normalized spacial score (nSPS) is 12.2. The predicted molar refractivity (Wildman–Crippen MR) is 108 cm³/mol. The molecule has 0 aliphatic heterocycles. The van der Waals surface area contributed by atoms with Crippen LogP contribution in [-0.4, -0.2) is 27.4 Å². The van der Waals surface area contributed by atoms with Gasteiger partial charge in [-0.05, 0) is 43.2 Å². The highest BCUT2D eigenvalue weighted by Crippen LogP contribution is 2.23. The molecule has 4 nitrogen and oxygen atoms in total. The highest BCUT2D eigenvalue weighted by Gasteiger charge is 2.17. The quantitative estimate of drug-likeness (QED) is 0.683. The molecule has 0 aliphatic rings. The van der Waals surface area contributed by atoms with E-state index in [1.165, 1.54) is 5.56 Å². The van der Waals surface area contributed by atoms with Crippen molar-refractivity contribution in [3.8, 4) is 5.75 Å². The Bertz CT molecular complexity index is 874. The van der Waals surface area contributed by atoms with Crippen LogP contribution in [0.2, 0.25) is 0 Å². The number of nitrogens with zero attached hydrogens (tertiary/aromatic N) is 2. The highest BCUT2D eigenvalue weighted by atomic mass is 35.5. The summed E-state index contributed by atoms with van der Waals surface area (Å²) in [5, 5.41) is 10.5. The first-order chi connectivity index (χ1) is 12.0. The van der Waals surface area contributed by atoms with Crippen molar-refractivity contribution in [3.63, 3.8) is 0 Å². The van der Waals surface area contributed by atoms with Gasteiger partial charge < -0.3 is 14.4 Å². The Morgan fingerprint density at radius 2 is 1.81 bits per heavy atom. The van der Waals surface area contributed by atoms with E-state index in [-0.39, 0.29) is 19.0 Å². The van der Waals surface area contributed by atoms with E-state index in [2.05, 4.69) is 31.4 Å². The SMILES string of the molecule is Cc1cccc(OCC(O)Cn2c(C(C)C)nc3ccccc32)c1C.Cl. The smallest absolute Gasteiger partial charge is 0.122 e. The van der Waals surface area contributed by atoms with Crippen LogP contribution < -0.4 is 4.74 Å². The second kappa shape index (κ2) is 8.56. The molecule has 0 bridgehead atoms. The maximum Gasteiger partial charge on any atom is 0.122 e. The molecule has 0 aliphatic carbocycles. The van der Waals surface area contributed by atoms with Crippen molar-refractivity contribution >= 4 is 23.4 Å². The largest absolute Gasteiger partial charge is 0.491 e. The van der Waals surface area contributed by atoms with Crippen LogP contribution >= 0.6 is 12.4 Å². The van der Waals surface area contributed by atoms with Crippen molar-refractivity contribution in [1.29, 1.82) is 0 Å². The summed E-state index contributed by atoms with van der Waals surface area (Å²) in [7, 11) is 0. The average molecular weight is 375 g/mol. The molecule has 1 atom stereocenters. The zero-order chi connectivity index (χ0) is 18.0. The molecular formula is C21H27ClN2O2. The molecule has 0 spiro atoms. The van der Waals surface area contributed by atoms with Crippen molar-refractivity contribution in [2.24, 2.45) is 0 Å². The molecule has 1 unspecified atom stereocenters. The molecular weight excluding hydrogens is 348 g/mol. The number of aromatic nitrogens is 2. The Hall–Kier alpha value is -2.04. The molecule has 0 amide bonds. The number of imidazole rings is 1. The number of ether oxygens (including phenoxy) is 1. The number of benzene rings is 2. The Balaban J connectivity index is 0.00000243. The first kappa shape index (κ1) is 20.3. The molecule has 0 radical (unpaired) electrons. The summed E-state index contributed by atoms with van der Waals surface area (Å²) in [6, 6.07) is 14.0. The number of rotatable bonds is 6. The van der Waals surface area contributed by atoms with Crippen LogP contribution in [0.4, 0.5) is 0 Å². The molecule has 5 heteroatoms. The van der Waals surface area contributed by atoms with Crippen molar-refractivity contribution in [2.75, 3.05) is 6.61 Å². The number of aryl methyl sites for hydroxylation is 1. The Kier molecular flexibility index (Phi) is 6.68. The topological polar surface area (TPSA) is 47.3 Å². The van der Waals surface area contributed by atoms with Gasteiger partial charge in [-0.3, -0.25) is 0 Å². The van der Waals surface area contributed by atoms with Crippen molar-refractivity contribution in [1.82, 2.24) is 9.55 Å². The number of hydrogen-bond donors (Lipinski definition) is 1. The molecule has 140 valence electrons. The molecule has 3 aromatic rings. The molecule has 1 aromatic heterocycles. The Morgan fingerprint density at radius 3 is 2.54 bits per heavy atom. The fraction of sp³-hybridized carbons (Fsp3) is 0.381. The van der Waals surface area contributed by atoms with Crippen LogP contribution in [0.25, 0.3) is 11.0 Å². The third-order valence-electron chi connectivity index (χ3n) is 4.58. The lowest BCUT2D eigenvalue weighted by Gasteiger charge is -2.18. The Morgan fingerprint density at radius 1 is 1.08 bits per heavy atom. The van der Waals surface area contributed by atoms with E-state index in [9.17, 15) is 5.11 Å². The molecule has 1 N–H and O–H groups in total. The molecule has 0 saturated carbocycles. The van der Waals surface area contributed by atoms with Gasteiger partial charge in [0.05, 0.1) is 17.6 Å². The van der Waals surface area contributed by atoms with Crippen molar-refractivity contribution in [2.45, 2.75) is 46.3 Å². The zero-order valence-electron chi connectivity index (χ0n) is 15.8. The number of aliphatic hydroxyl groups is 1. The number of para-hydroxylation sites is 2. The standard InChI is InChI=1S/C21H26N2O2.ClH/c1-14(2)21-22-18-9-5-6-10-19(18)23(21)12-17(24)13-25-20-11-7-8-15(3)16(20)4;/h5-11,14,17,24H,12-13H2,1-4H3;1H. The summed E-state index contributed by atoms with van der Waals surface area (Å²) in [6.45, 7) is 9.07. The van der Waals surface area contributed by atoms with Crippen LogP contribution in [0, 0.1) is 13.8 Å². The van der Waals surface area contributed by atoms with E-state index >= 15 is 0 Å². The average Bonchev–Trinajstić information content (AvgIpc) is 2.95. The van der Waals surface area contributed by atoms with Crippen molar-refractivity contribution in [3.05, 3.63) is 59.4 Å². The van der Waals surface area contributed by atoms with E-state index in [4.69, 9.17) is 9.72 Å². The number of aliphatic hydroxyl groups excluding tert-OH is 1. The van der Waals surface area contributed by atoms with Gasteiger partial charge in [-0.2, -0.15) is 0 Å². The fourth-order valence-electron chi connectivity index (χ4n) is 3.06. The predicted octanol–water partition coefficient (Wildman–Crippen LogP) is 4.64. The first-order valence-corrected chi connectivity index (χ1v) is 8.79. The number of halogens is 1. The molecule has 1 heterocycles. The maximum absolute atomic E-state index is 10.5. The van der Waals surface area contributed by atoms with Gasteiger partial charge in [-0.1, -0.05) is 38.1 Å². The fourth-order valence-corrected chi connectivity index (χ4v) is 3.06. The summed E-state index contributed by atoms with van der Waals surface area (Å²) in [6.07, 6.45) is -0.602. The van der Waals surface area contributed by atoms with Crippen LogP contribution in [-0.2, 0) is 6.54 Å². The minimum Gasteiger partial charge on any atom is -0.491 e. The second-order valence-corrected chi connectivity index (χ2v) is 6.89. The maximum atomic E-state index is 10.5. The lowest BCUT2D eigenvalue weighted by atomic mass is 10.1. The van der Waals surface area contributed by atoms with Crippen LogP contribution in [0.15, 0.2) is 42.5 Å². The second-order valence-electron chi connectivity index (χ2n) is 6.89.